The Morgan fingerprint density at radius 3 is 3.00 bits per heavy atom. The van der Waals surface area contributed by atoms with Crippen LogP contribution in [0.1, 0.15) is 17.3 Å². The van der Waals surface area contributed by atoms with Crippen LogP contribution in [0.4, 0.5) is 0 Å². The molecule has 0 spiro atoms. The van der Waals surface area contributed by atoms with Crippen LogP contribution in [0.15, 0.2) is 22.8 Å². The van der Waals surface area contributed by atoms with Crippen molar-refractivity contribution < 1.29 is 4.79 Å². The van der Waals surface area contributed by atoms with E-state index in [1.54, 1.807) is 19.2 Å². The van der Waals surface area contributed by atoms with Crippen molar-refractivity contribution in [2.24, 2.45) is 0 Å². The zero-order chi connectivity index (χ0) is 9.42. The van der Waals surface area contributed by atoms with Gasteiger partial charge < -0.3 is 0 Å². The summed E-state index contributed by atoms with van der Waals surface area (Å²) < 4.78 is 0.814. The van der Waals surface area contributed by atoms with E-state index in [0.717, 1.165) is 15.4 Å². The second kappa shape index (κ2) is 2.96. The van der Waals surface area contributed by atoms with Crippen molar-refractivity contribution in [3.8, 4) is 0 Å². The number of Topliss-reactive ketones (excluding diaryl/α,β-unsaturated/α-hetero) is 1. The maximum absolute atomic E-state index is 11.2. The number of benzene rings is 1. The predicted octanol–water partition coefficient (Wildman–Crippen LogP) is 2.53. The molecule has 0 saturated carbocycles. The van der Waals surface area contributed by atoms with E-state index >= 15 is 0 Å². The lowest BCUT2D eigenvalue weighted by Crippen LogP contribution is -1.92. The van der Waals surface area contributed by atoms with Crippen LogP contribution >= 0.6 is 15.9 Å². The van der Waals surface area contributed by atoms with Crippen LogP contribution < -0.4 is 0 Å². The Kier molecular flexibility index (Phi) is 1.92. The van der Waals surface area contributed by atoms with Crippen molar-refractivity contribution in [2.45, 2.75) is 6.92 Å². The third-order valence-corrected chi connectivity index (χ3v) is 2.56. The van der Waals surface area contributed by atoms with Crippen LogP contribution in [0.3, 0.4) is 0 Å². The lowest BCUT2D eigenvalue weighted by Gasteiger charge is -1.99. The Hall–Kier alpha value is -1.16. The molecule has 0 unspecified atom stereocenters. The molecular weight excluding hydrogens is 232 g/mol. The van der Waals surface area contributed by atoms with Crippen molar-refractivity contribution in [3.63, 3.8) is 0 Å². The number of hydrogen-bond donors (Lipinski definition) is 1. The maximum atomic E-state index is 11.2. The molecule has 0 aliphatic rings. The van der Waals surface area contributed by atoms with E-state index in [1.807, 2.05) is 6.07 Å². The second-order valence-corrected chi connectivity index (χ2v) is 3.70. The molecule has 4 heteroatoms. The van der Waals surface area contributed by atoms with Crippen molar-refractivity contribution >= 4 is 32.6 Å². The first-order valence-electron chi connectivity index (χ1n) is 3.82. The fourth-order valence-corrected chi connectivity index (χ4v) is 1.87. The highest BCUT2D eigenvalue weighted by Crippen LogP contribution is 2.23. The number of halogens is 1. The number of ketones is 1. The van der Waals surface area contributed by atoms with Gasteiger partial charge in [0.2, 0.25) is 0 Å². The third-order valence-electron chi connectivity index (χ3n) is 1.91. The lowest BCUT2D eigenvalue weighted by molar-refractivity contribution is 0.101. The van der Waals surface area contributed by atoms with Gasteiger partial charge in [0.15, 0.2) is 5.78 Å². The molecule has 1 aromatic carbocycles. The van der Waals surface area contributed by atoms with Gasteiger partial charge in [-0.05, 0) is 19.1 Å². The highest BCUT2D eigenvalue weighted by Gasteiger charge is 2.07. The fourth-order valence-electron chi connectivity index (χ4n) is 1.23. The van der Waals surface area contributed by atoms with Crippen molar-refractivity contribution in [3.05, 3.63) is 28.4 Å². The summed E-state index contributed by atoms with van der Waals surface area (Å²) in [6.07, 6.45) is 1.73. The van der Waals surface area contributed by atoms with Gasteiger partial charge in [0.25, 0.3) is 0 Å². The van der Waals surface area contributed by atoms with Crippen LogP contribution in [0.25, 0.3) is 10.9 Å². The monoisotopic (exact) mass is 238 g/mol. The predicted molar refractivity (Wildman–Crippen MR) is 53.8 cm³/mol. The number of rotatable bonds is 1. The first kappa shape index (κ1) is 8.44. The van der Waals surface area contributed by atoms with Crippen molar-refractivity contribution in [1.29, 1.82) is 0 Å². The summed E-state index contributed by atoms with van der Waals surface area (Å²) in [5, 5.41) is 7.70. The van der Waals surface area contributed by atoms with Gasteiger partial charge in [-0.25, -0.2) is 0 Å². The molecule has 2 aromatic rings. The summed E-state index contributed by atoms with van der Waals surface area (Å²) >= 11 is 3.34. The van der Waals surface area contributed by atoms with Gasteiger partial charge in [-0.2, -0.15) is 5.10 Å². The average Bonchev–Trinajstić information content (AvgIpc) is 2.48. The molecule has 1 aromatic heterocycles. The minimum atomic E-state index is 0.0448. The van der Waals surface area contributed by atoms with E-state index in [4.69, 9.17) is 0 Å². The SMILES string of the molecule is CC(=O)c1cc2[nH]ncc2cc1Br. The van der Waals surface area contributed by atoms with Crippen molar-refractivity contribution in [2.75, 3.05) is 0 Å². The third kappa shape index (κ3) is 1.37. The van der Waals surface area contributed by atoms with Crippen LogP contribution in [0.2, 0.25) is 0 Å². The quantitative estimate of drug-likeness (QED) is 0.777. The maximum Gasteiger partial charge on any atom is 0.161 e. The fraction of sp³-hybridized carbons (Fsp3) is 0.111. The first-order valence-corrected chi connectivity index (χ1v) is 4.61. The number of nitrogens with one attached hydrogen (secondary N) is 1. The van der Waals surface area contributed by atoms with Gasteiger partial charge >= 0.3 is 0 Å². The number of fused-ring (bicyclic) bond motifs is 1. The zero-order valence-corrected chi connectivity index (χ0v) is 8.55. The summed E-state index contributed by atoms with van der Waals surface area (Å²) in [5.41, 5.74) is 1.56. The van der Waals surface area contributed by atoms with Crippen molar-refractivity contribution in [1.82, 2.24) is 10.2 Å². The highest BCUT2D eigenvalue weighted by atomic mass is 79.9. The summed E-state index contributed by atoms with van der Waals surface area (Å²) in [5.74, 6) is 0.0448. The molecule has 0 amide bonds. The van der Waals surface area contributed by atoms with E-state index < -0.39 is 0 Å². The Morgan fingerprint density at radius 1 is 1.54 bits per heavy atom. The molecule has 0 aliphatic heterocycles. The van der Waals surface area contributed by atoms with Gasteiger partial charge in [0, 0.05) is 15.4 Å². The second-order valence-electron chi connectivity index (χ2n) is 2.85. The Labute approximate surface area is 83.3 Å². The molecule has 0 bridgehead atoms. The van der Waals surface area contributed by atoms with E-state index in [0.29, 0.717) is 5.56 Å². The Bertz CT molecular complexity index is 475. The minimum Gasteiger partial charge on any atom is -0.294 e. The number of aromatic nitrogens is 2. The van der Waals surface area contributed by atoms with Gasteiger partial charge in [-0.15, -0.1) is 0 Å². The zero-order valence-electron chi connectivity index (χ0n) is 6.97. The summed E-state index contributed by atoms with van der Waals surface area (Å²) in [7, 11) is 0. The Morgan fingerprint density at radius 2 is 2.31 bits per heavy atom. The average molecular weight is 239 g/mol. The van der Waals surface area contributed by atoms with Crippen LogP contribution in [0.5, 0.6) is 0 Å². The molecule has 0 atom stereocenters. The van der Waals surface area contributed by atoms with Gasteiger partial charge in [-0.1, -0.05) is 15.9 Å². The minimum absolute atomic E-state index is 0.0448. The molecule has 0 aliphatic carbocycles. The van der Waals surface area contributed by atoms with Gasteiger partial charge in [0.1, 0.15) is 0 Å². The molecular formula is C9H7BrN2O. The van der Waals surface area contributed by atoms with E-state index in [1.165, 1.54) is 0 Å². The highest BCUT2D eigenvalue weighted by molar-refractivity contribution is 9.10. The molecule has 1 heterocycles. The molecule has 0 radical (unpaired) electrons. The standard InChI is InChI=1S/C9H7BrN2O/c1-5(13)7-3-9-6(2-8(7)10)4-11-12-9/h2-4H,1H3,(H,11,12). The summed E-state index contributed by atoms with van der Waals surface area (Å²) in [4.78, 5) is 11.2. The van der Waals surface area contributed by atoms with Crippen LogP contribution in [-0.2, 0) is 0 Å². The lowest BCUT2D eigenvalue weighted by atomic mass is 10.1. The van der Waals surface area contributed by atoms with Crippen LogP contribution in [-0.4, -0.2) is 16.0 Å². The molecule has 0 fully saturated rings. The van der Waals surface area contributed by atoms with E-state index in [-0.39, 0.29) is 5.78 Å². The van der Waals surface area contributed by atoms with Gasteiger partial charge in [0.05, 0.1) is 11.7 Å². The Balaban J connectivity index is 2.76. The smallest absolute Gasteiger partial charge is 0.161 e. The number of carbonyl (C=O) groups excluding carboxylic acids is 1. The number of H-pyrrole nitrogens is 1. The molecule has 1 N–H and O–H groups in total. The molecule has 3 nitrogen and oxygen atoms in total. The first-order chi connectivity index (χ1) is 6.18. The number of nitrogens with zero attached hydrogens (tertiary/aromatic N) is 1. The number of carbonyl (C=O) groups is 1. The van der Waals surface area contributed by atoms with Gasteiger partial charge in [-0.3, -0.25) is 9.89 Å². The largest absolute Gasteiger partial charge is 0.294 e. The van der Waals surface area contributed by atoms with E-state index in [9.17, 15) is 4.79 Å². The van der Waals surface area contributed by atoms with Crippen LogP contribution in [0, 0.1) is 0 Å². The summed E-state index contributed by atoms with van der Waals surface area (Å²) in [6.45, 7) is 1.54. The molecule has 13 heavy (non-hydrogen) atoms. The molecule has 0 saturated heterocycles. The number of aromatic amines is 1. The number of hydrogen-bond acceptors (Lipinski definition) is 2. The molecule has 66 valence electrons. The van der Waals surface area contributed by atoms with E-state index in [2.05, 4.69) is 26.1 Å². The molecule has 2 rings (SSSR count). The normalized spacial score (nSPS) is 10.6. The topological polar surface area (TPSA) is 45.8 Å². The summed E-state index contributed by atoms with van der Waals surface area (Å²) in [6, 6.07) is 3.68.